The first-order chi connectivity index (χ1) is 8.38. The molecule has 2 aromatic heterocycles. The number of aliphatic hydroxyl groups excluding tert-OH is 1. The molecule has 0 saturated carbocycles. The minimum absolute atomic E-state index is 0.0601. The minimum Gasteiger partial charge on any atom is -0.392 e. The molecule has 0 amide bonds. The number of pyridine rings is 1. The number of nitrogens with zero attached hydrogens (tertiary/aromatic N) is 2. The van der Waals surface area contributed by atoms with E-state index in [1.54, 1.807) is 0 Å². The highest BCUT2D eigenvalue weighted by molar-refractivity contribution is 5.64. The third-order valence-electron chi connectivity index (χ3n) is 2.82. The number of imidazole rings is 1. The van der Waals surface area contributed by atoms with Crippen LogP contribution in [0.1, 0.15) is 5.56 Å². The van der Waals surface area contributed by atoms with Crippen molar-refractivity contribution in [3.05, 3.63) is 60.4 Å². The molecule has 17 heavy (non-hydrogen) atoms. The highest BCUT2D eigenvalue weighted by atomic mass is 16.3. The molecule has 1 aromatic carbocycles. The maximum atomic E-state index is 9.15. The summed E-state index contributed by atoms with van der Waals surface area (Å²) in [6.45, 7) is 0.0601. The van der Waals surface area contributed by atoms with Crippen LogP contribution >= 0.6 is 0 Å². The predicted octanol–water partition coefficient (Wildman–Crippen LogP) is 2.49. The first-order valence-corrected chi connectivity index (χ1v) is 5.51. The second-order valence-corrected chi connectivity index (χ2v) is 3.93. The molecule has 0 atom stereocenters. The van der Waals surface area contributed by atoms with Gasteiger partial charge in [0.2, 0.25) is 0 Å². The van der Waals surface area contributed by atoms with Crippen molar-refractivity contribution in [1.82, 2.24) is 9.38 Å². The summed E-state index contributed by atoms with van der Waals surface area (Å²) in [6, 6.07) is 13.8. The third kappa shape index (κ3) is 1.70. The lowest BCUT2D eigenvalue weighted by Gasteiger charge is -2.03. The van der Waals surface area contributed by atoms with Gasteiger partial charge in [-0.2, -0.15) is 0 Å². The summed E-state index contributed by atoms with van der Waals surface area (Å²) in [6.07, 6.45) is 3.84. The minimum atomic E-state index is 0.0601. The van der Waals surface area contributed by atoms with Crippen molar-refractivity contribution in [2.45, 2.75) is 6.61 Å². The fourth-order valence-electron chi connectivity index (χ4n) is 1.98. The number of aromatic nitrogens is 2. The fraction of sp³-hybridized carbons (Fsp3) is 0.0714. The lowest BCUT2D eigenvalue weighted by molar-refractivity contribution is 0.282. The van der Waals surface area contributed by atoms with Crippen LogP contribution in [-0.2, 0) is 6.61 Å². The van der Waals surface area contributed by atoms with Crippen molar-refractivity contribution in [3.8, 4) is 11.3 Å². The SMILES string of the molecule is OCc1cccc(-c2cnc3ccccn23)c1. The Hall–Kier alpha value is -2.13. The fourth-order valence-corrected chi connectivity index (χ4v) is 1.98. The Labute approximate surface area is 99.0 Å². The van der Waals surface area contributed by atoms with Gasteiger partial charge in [0.05, 0.1) is 18.5 Å². The largest absolute Gasteiger partial charge is 0.392 e. The Morgan fingerprint density at radius 3 is 2.94 bits per heavy atom. The average molecular weight is 224 g/mol. The van der Waals surface area contributed by atoms with Crippen LogP contribution in [-0.4, -0.2) is 14.5 Å². The molecule has 1 N–H and O–H groups in total. The Bertz CT molecular complexity index is 658. The molecule has 3 rings (SSSR count). The first-order valence-electron chi connectivity index (χ1n) is 5.51. The summed E-state index contributed by atoms with van der Waals surface area (Å²) in [5, 5.41) is 9.15. The van der Waals surface area contributed by atoms with E-state index in [0.29, 0.717) is 0 Å². The van der Waals surface area contributed by atoms with Crippen LogP contribution in [0.2, 0.25) is 0 Å². The van der Waals surface area contributed by atoms with Crippen molar-refractivity contribution >= 4 is 5.65 Å². The van der Waals surface area contributed by atoms with E-state index in [2.05, 4.69) is 4.98 Å². The summed E-state index contributed by atoms with van der Waals surface area (Å²) in [7, 11) is 0. The third-order valence-corrected chi connectivity index (χ3v) is 2.82. The smallest absolute Gasteiger partial charge is 0.137 e. The highest BCUT2D eigenvalue weighted by Crippen LogP contribution is 2.21. The average Bonchev–Trinajstić information content (AvgIpc) is 2.82. The molecule has 3 aromatic rings. The van der Waals surface area contributed by atoms with Crippen molar-refractivity contribution in [3.63, 3.8) is 0 Å². The summed E-state index contributed by atoms with van der Waals surface area (Å²) < 4.78 is 2.04. The molecule has 0 aliphatic heterocycles. The van der Waals surface area contributed by atoms with Gasteiger partial charge in [-0.3, -0.25) is 4.40 Å². The molecule has 0 aliphatic rings. The normalized spacial score (nSPS) is 10.9. The van der Waals surface area contributed by atoms with Crippen LogP contribution in [0.15, 0.2) is 54.9 Å². The molecule has 0 fully saturated rings. The molecular weight excluding hydrogens is 212 g/mol. The van der Waals surface area contributed by atoms with Gasteiger partial charge < -0.3 is 5.11 Å². The molecule has 84 valence electrons. The Kier molecular flexibility index (Phi) is 2.38. The van der Waals surface area contributed by atoms with E-state index in [-0.39, 0.29) is 6.61 Å². The van der Waals surface area contributed by atoms with E-state index < -0.39 is 0 Å². The lowest BCUT2D eigenvalue weighted by atomic mass is 10.1. The summed E-state index contributed by atoms with van der Waals surface area (Å²) >= 11 is 0. The summed E-state index contributed by atoms with van der Waals surface area (Å²) in [5.41, 5.74) is 3.94. The monoisotopic (exact) mass is 224 g/mol. The Morgan fingerprint density at radius 2 is 2.06 bits per heavy atom. The molecule has 0 radical (unpaired) electrons. The zero-order chi connectivity index (χ0) is 11.7. The van der Waals surface area contributed by atoms with Crippen LogP contribution in [0.3, 0.4) is 0 Å². The van der Waals surface area contributed by atoms with E-state index in [1.807, 2.05) is 59.3 Å². The van der Waals surface area contributed by atoms with Crippen LogP contribution in [0.25, 0.3) is 16.9 Å². The second kappa shape index (κ2) is 4.03. The molecule has 0 saturated heterocycles. The number of benzene rings is 1. The molecule has 3 nitrogen and oxygen atoms in total. The van der Waals surface area contributed by atoms with Gasteiger partial charge in [0, 0.05) is 11.8 Å². The standard InChI is InChI=1S/C14H12N2O/c17-10-11-4-3-5-12(8-11)13-9-15-14-6-1-2-7-16(13)14/h1-9,17H,10H2. The lowest BCUT2D eigenvalue weighted by Crippen LogP contribution is -1.89. The zero-order valence-corrected chi connectivity index (χ0v) is 9.24. The molecule has 2 heterocycles. The van der Waals surface area contributed by atoms with E-state index in [0.717, 1.165) is 22.5 Å². The summed E-state index contributed by atoms with van der Waals surface area (Å²) in [4.78, 5) is 4.35. The first kappa shape index (κ1) is 10.1. The molecule has 0 aliphatic carbocycles. The van der Waals surface area contributed by atoms with Crippen molar-refractivity contribution in [1.29, 1.82) is 0 Å². The van der Waals surface area contributed by atoms with Crippen LogP contribution < -0.4 is 0 Å². The van der Waals surface area contributed by atoms with Gasteiger partial charge in [-0.05, 0) is 23.8 Å². The van der Waals surface area contributed by atoms with Gasteiger partial charge in [0.25, 0.3) is 0 Å². The predicted molar refractivity (Wildman–Crippen MR) is 66.6 cm³/mol. The van der Waals surface area contributed by atoms with Crippen LogP contribution in [0.4, 0.5) is 0 Å². The van der Waals surface area contributed by atoms with Gasteiger partial charge in [-0.1, -0.05) is 24.3 Å². The molecule has 0 unspecified atom stereocenters. The maximum absolute atomic E-state index is 9.15. The number of rotatable bonds is 2. The molecule has 0 bridgehead atoms. The summed E-state index contributed by atoms with van der Waals surface area (Å²) in [5.74, 6) is 0. The Morgan fingerprint density at radius 1 is 1.12 bits per heavy atom. The zero-order valence-electron chi connectivity index (χ0n) is 9.24. The number of aliphatic hydroxyl groups is 1. The Balaban J connectivity index is 2.20. The number of hydrogen-bond acceptors (Lipinski definition) is 2. The van der Waals surface area contributed by atoms with E-state index >= 15 is 0 Å². The van der Waals surface area contributed by atoms with Crippen molar-refractivity contribution in [2.24, 2.45) is 0 Å². The van der Waals surface area contributed by atoms with Gasteiger partial charge in [-0.15, -0.1) is 0 Å². The van der Waals surface area contributed by atoms with Crippen LogP contribution in [0, 0.1) is 0 Å². The molecule has 0 spiro atoms. The second-order valence-electron chi connectivity index (χ2n) is 3.93. The van der Waals surface area contributed by atoms with E-state index in [1.165, 1.54) is 0 Å². The number of fused-ring (bicyclic) bond motifs is 1. The van der Waals surface area contributed by atoms with Gasteiger partial charge in [0.1, 0.15) is 5.65 Å². The van der Waals surface area contributed by atoms with Gasteiger partial charge >= 0.3 is 0 Å². The van der Waals surface area contributed by atoms with Crippen LogP contribution in [0.5, 0.6) is 0 Å². The van der Waals surface area contributed by atoms with E-state index in [9.17, 15) is 0 Å². The molecule has 3 heteroatoms. The van der Waals surface area contributed by atoms with Gasteiger partial charge in [-0.25, -0.2) is 4.98 Å². The van der Waals surface area contributed by atoms with Crippen molar-refractivity contribution in [2.75, 3.05) is 0 Å². The van der Waals surface area contributed by atoms with Gasteiger partial charge in [0.15, 0.2) is 0 Å². The maximum Gasteiger partial charge on any atom is 0.137 e. The van der Waals surface area contributed by atoms with E-state index in [4.69, 9.17) is 5.11 Å². The quantitative estimate of drug-likeness (QED) is 0.726. The highest BCUT2D eigenvalue weighted by Gasteiger charge is 2.05. The van der Waals surface area contributed by atoms with Crippen molar-refractivity contribution < 1.29 is 5.11 Å². The topological polar surface area (TPSA) is 37.5 Å². The molecular formula is C14H12N2O. The number of hydrogen-bond donors (Lipinski definition) is 1.